The molecular formula is C27H38N4O4S. The second-order valence-electron chi connectivity index (χ2n) is 10.5. The Morgan fingerprint density at radius 2 is 1.81 bits per heavy atom. The Hall–Kier alpha value is -2.10. The Morgan fingerprint density at radius 1 is 1.11 bits per heavy atom. The number of ketones is 1. The van der Waals surface area contributed by atoms with Crippen molar-refractivity contribution in [2.24, 2.45) is 0 Å². The van der Waals surface area contributed by atoms with Crippen molar-refractivity contribution >= 4 is 35.0 Å². The van der Waals surface area contributed by atoms with E-state index in [0.717, 1.165) is 51.3 Å². The second-order valence-corrected chi connectivity index (χ2v) is 11.6. The summed E-state index contributed by atoms with van der Waals surface area (Å²) in [7, 11) is 0. The van der Waals surface area contributed by atoms with Crippen molar-refractivity contribution < 1.29 is 19.1 Å². The number of fused-ring (bicyclic) bond motifs is 1. The summed E-state index contributed by atoms with van der Waals surface area (Å²) in [5.74, 6) is -0.383. The molecule has 196 valence electrons. The van der Waals surface area contributed by atoms with E-state index in [4.69, 9.17) is 4.74 Å². The van der Waals surface area contributed by atoms with Gasteiger partial charge in [-0.05, 0) is 56.3 Å². The lowest BCUT2D eigenvalue weighted by Crippen LogP contribution is -2.60. The normalized spacial score (nSPS) is 27.9. The van der Waals surface area contributed by atoms with Crippen LogP contribution in [0.5, 0.6) is 0 Å². The van der Waals surface area contributed by atoms with Crippen LogP contribution in [-0.4, -0.2) is 102 Å². The van der Waals surface area contributed by atoms with Gasteiger partial charge in [0.05, 0.1) is 11.4 Å². The van der Waals surface area contributed by atoms with E-state index in [9.17, 15) is 14.4 Å². The van der Waals surface area contributed by atoms with Crippen molar-refractivity contribution in [2.75, 3.05) is 57.0 Å². The number of ether oxygens (including phenoxy) is 1. The predicted molar refractivity (Wildman–Crippen MR) is 142 cm³/mol. The quantitative estimate of drug-likeness (QED) is 0.597. The fourth-order valence-corrected chi connectivity index (χ4v) is 7.14. The summed E-state index contributed by atoms with van der Waals surface area (Å²) in [6.07, 6.45) is 5.89. The highest BCUT2D eigenvalue weighted by Crippen LogP contribution is 2.38. The number of carbonyl (C=O) groups is 3. The maximum Gasteiger partial charge on any atom is 0.252 e. The van der Waals surface area contributed by atoms with Crippen molar-refractivity contribution in [2.45, 2.75) is 62.0 Å². The van der Waals surface area contributed by atoms with Crippen LogP contribution in [0.4, 0.5) is 5.69 Å². The first-order chi connectivity index (χ1) is 17.5. The topological polar surface area (TPSA) is 82.2 Å². The Morgan fingerprint density at radius 3 is 2.44 bits per heavy atom. The van der Waals surface area contributed by atoms with Gasteiger partial charge >= 0.3 is 0 Å². The van der Waals surface area contributed by atoms with Crippen LogP contribution in [0.25, 0.3) is 0 Å². The van der Waals surface area contributed by atoms with E-state index in [1.54, 1.807) is 16.7 Å². The maximum absolute atomic E-state index is 13.9. The van der Waals surface area contributed by atoms with E-state index < -0.39 is 11.6 Å². The van der Waals surface area contributed by atoms with Gasteiger partial charge in [0.1, 0.15) is 18.2 Å². The molecule has 0 unspecified atom stereocenters. The van der Waals surface area contributed by atoms with E-state index in [0.29, 0.717) is 24.9 Å². The molecule has 0 spiro atoms. The second kappa shape index (κ2) is 10.7. The summed E-state index contributed by atoms with van der Waals surface area (Å²) in [5.41, 5.74) is 0.732. The molecule has 36 heavy (non-hydrogen) atoms. The average Bonchev–Trinajstić information content (AvgIpc) is 3.62. The van der Waals surface area contributed by atoms with Gasteiger partial charge in [-0.3, -0.25) is 19.3 Å². The van der Waals surface area contributed by atoms with Crippen molar-refractivity contribution in [3.05, 3.63) is 29.8 Å². The molecule has 8 nitrogen and oxygen atoms in total. The summed E-state index contributed by atoms with van der Waals surface area (Å²) in [5, 5.41) is 3.20. The Labute approximate surface area is 218 Å². The lowest BCUT2D eigenvalue weighted by molar-refractivity contribution is -0.141. The molecule has 1 aromatic rings. The molecule has 2 amide bonds. The smallest absolute Gasteiger partial charge is 0.252 e. The maximum atomic E-state index is 13.9. The minimum atomic E-state index is -0.952. The van der Waals surface area contributed by atoms with Gasteiger partial charge in [-0.15, -0.1) is 0 Å². The van der Waals surface area contributed by atoms with E-state index >= 15 is 0 Å². The Bertz CT molecular complexity index is 972. The lowest BCUT2D eigenvalue weighted by Gasteiger charge is -2.36. The number of Topliss-reactive ketones (excluding diaryl/α,β-unsaturated/α-hetero) is 1. The molecule has 3 atom stereocenters. The van der Waals surface area contributed by atoms with Crippen LogP contribution in [0, 0.1) is 0 Å². The molecule has 9 heteroatoms. The molecule has 3 saturated heterocycles. The largest absolute Gasteiger partial charge is 0.369 e. The number of nitrogens with zero attached hydrogens (tertiary/aromatic N) is 3. The Balaban J connectivity index is 1.27. The number of hydrogen-bond donors (Lipinski definition) is 1. The molecule has 0 aromatic heterocycles. The zero-order valence-electron chi connectivity index (χ0n) is 21.4. The molecule has 0 radical (unpaired) electrons. The highest BCUT2D eigenvalue weighted by Gasteiger charge is 2.56. The molecule has 1 aromatic carbocycles. The van der Waals surface area contributed by atoms with Crippen LogP contribution in [0.2, 0.25) is 0 Å². The molecular weight excluding hydrogens is 476 g/mol. The minimum Gasteiger partial charge on any atom is -0.369 e. The fraction of sp³-hybridized carbons (Fsp3) is 0.667. The lowest BCUT2D eigenvalue weighted by atomic mass is 9.93. The molecule has 1 N–H and O–H groups in total. The average molecular weight is 515 g/mol. The highest BCUT2D eigenvalue weighted by atomic mass is 32.2. The summed E-state index contributed by atoms with van der Waals surface area (Å²) in [6.45, 7) is 8.00. The third-order valence-corrected chi connectivity index (χ3v) is 9.35. The molecule has 4 aliphatic rings. The summed E-state index contributed by atoms with van der Waals surface area (Å²) < 4.78 is 5.74. The van der Waals surface area contributed by atoms with Crippen LogP contribution < -0.4 is 10.2 Å². The van der Waals surface area contributed by atoms with Crippen molar-refractivity contribution in [3.8, 4) is 0 Å². The summed E-state index contributed by atoms with van der Waals surface area (Å²) >= 11 is 1.63. The first-order valence-electron chi connectivity index (χ1n) is 13.3. The van der Waals surface area contributed by atoms with Crippen molar-refractivity contribution in [1.82, 2.24) is 15.1 Å². The molecule has 4 fully saturated rings. The van der Waals surface area contributed by atoms with Crippen LogP contribution in [0.3, 0.4) is 0 Å². The summed E-state index contributed by atoms with van der Waals surface area (Å²) in [6, 6.07) is 7.22. The molecule has 0 bridgehead atoms. The third-order valence-electron chi connectivity index (χ3n) is 8.33. The number of carbonyl (C=O) groups excluding carboxylic acids is 3. The number of likely N-dealkylation sites (tertiary alicyclic amines) is 1. The van der Waals surface area contributed by atoms with Gasteiger partial charge in [-0.25, -0.2) is 0 Å². The van der Waals surface area contributed by atoms with Gasteiger partial charge in [0.15, 0.2) is 5.78 Å². The SMILES string of the molecule is CCCN1CCN(c2ccc(C(=O)NC3(C(=O)N4C[C@H](SC)[C@H]5OCC(=O)[C@H]54)CCCC3)cc2)CC1. The van der Waals surface area contributed by atoms with Gasteiger partial charge in [0.2, 0.25) is 5.91 Å². The highest BCUT2D eigenvalue weighted by molar-refractivity contribution is 7.99. The van der Waals surface area contributed by atoms with Crippen LogP contribution in [0.15, 0.2) is 24.3 Å². The standard InChI is InChI=1S/C27H38N4O4S/c1-3-12-29-13-15-30(16-14-29)20-8-6-19(7-9-20)25(33)28-27(10-4-5-11-27)26(34)31-17-22(36-2)24-23(31)21(32)18-35-24/h6-9,22-24H,3-5,10-18H2,1-2H3,(H,28,33)/t22-,23+,24+/m0/s1. The predicted octanol–water partition coefficient (Wildman–Crippen LogP) is 2.17. The third kappa shape index (κ3) is 4.77. The number of nitrogens with one attached hydrogen (secondary N) is 1. The fourth-order valence-electron chi connectivity index (χ4n) is 6.33. The number of amides is 2. The van der Waals surface area contributed by atoms with E-state index in [1.165, 1.54) is 6.42 Å². The molecule has 3 aliphatic heterocycles. The molecule has 5 rings (SSSR count). The summed E-state index contributed by atoms with van der Waals surface area (Å²) in [4.78, 5) is 46.4. The van der Waals surface area contributed by atoms with Crippen molar-refractivity contribution in [3.63, 3.8) is 0 Å². The minimum absolute atomic E-state index is 0.0320. The van der Waals surface area contributed by atoms with Crippen LogP contribution >= 0.6 is 11.8 Å². The molecule has 1 saturated carbocycles. The van der Waals surface area contributed by atoms with E-state index in [2.05, 4.69) is 22.0 Å². The van der Waals surface area contributed by atoms with Crippen LogP contribution in [-0.2, 0) is 14.3 Å². The number of hydrogen-bond acceptors (Lipinski definition) is 7. The van der Waals surface area contributed by atoms with Crippen LogP contribution in [0.1, 0.15) is 49.4 Å². The number of thioether (sulfide) groups is 1. The zero-order chi connectivity index (χ0) is 25.3. The number of benzene rings is 1. The van der Waals surface area contributed by atoms with Crippen molar-refractivity contribution in [1.29, 1.82) is 0 Å². The van der Waals surface area contributed by atoms with E-state index in [1.807, 2.05) is 30.5 Å². The van der Waals surface area contributed by atoms with Gasteiger partial charge in [0.25, 0.3) is 5.91 Å². The zero-order valence-corrected chi connectivity index (χ0v) is 22.2. The molecule has 3 heterocycles. The number of rotatable bonds is 7. The van der Waals surface area contributed by atoms with Gasteiger partial charge < -0.3 is 19.9 Å². The first-order valence-corrected chi connectivity index (χ1v) is 14.6. The van der Waals surface area contributed by atoms with Gasteiger partial charge in [-0.1, -0.05) is 19.8 Å². The number of piperazine rings is 1. The number of anilines is 1. The van der Waals surface area contributed by atoms with Gasteiger partial charge in [-0.2, -0.15) is 11.8 Å². The Kier molecular flexibility index (Phi) is 7.60. The van der Waals surface area contributed by atoms with E-state index in [-0.39, 0.29) is 35.6 Å². The van der Waals surface area contributed by atoms with Gasteiger partial charge in [0, 0.05) is 44.0 Å². The first kappa shape index (κ1) is 25.5. The monoisotopic (exact) mass is 514 g/mol. The molecule has 1 aliphatic carbocycles.